The van der Waals surface area contributed by atoms with Gasteiger partial charge in [0.15, 0.2) is 11.5 Å². The van der Waals surface area contributed by atoms with Crippen LogP contribution in [0, 0.1) is 6.92 Å². The highest BCUT2D eigenvalue weighted by Gasteiger charge is 2.41. The number of aryl methyl sites for hydroxylation is 1. The number of hydrogen-bond donors (Lipinski definition) is 1. The van der Waals surface area contributed by atoms with Gasteiger partial charge >= 0.3 is 0 Å². The minimum absolute atomic E-state index is 0.201. The van der Waals surface area contributed by atoms with Crippen LogP contribution in [0.1, 0.15) is 10.4 Å². The third kappa shape index (κ3) is 3.78. The molecule has 0 fully saturated rings. The second-order valence-electron chi connectivity index (χ2n) is 6.80. The number of imide groups is 1. The van der Waals surface area contributed by atoms with Crippen LogP contribution in [0.2, 0.25) is 5.02 Å². The van der Waals surface area contributed by atoms with Crippen molar-refractivity contribution < 1.29 is 19.1 Å². The number of nitrogens with zero attached hydrogens (tertiary/aromatic N) is 1. The van der Waals surface area contributed by atoms with Crippen LogP contribution in [0.5, 0.6) is 11.5 Å². The van der Waals surface area contributed by atoms with E-state index in [9.17, 15) is 9.59 Å². The smallest absolute Gasteiger partial charge is 0.282 e. The Bertz CT molecular complexity index is 1200. The molecular formula is C23H19ClN2O4S. The molecule has 0 atom stereocenters. The Hall–Kier alpha value is -3.29. The highest BCUT2D eigenvalue weighted by molar-refractivity contribution is 7.11. The number of carbonyl (C=O) groups excluding carboxylic acids is 2. The highest BCUT2D eigenvalue weighted by Crippen LogP contribution is 2.39. The number of methoxy groups -OCH3 is 2. The van der Waals surface area contributed by atoms with Crippen molar-refractivity contribution in [1.29, 1.82) is 0 Å². The molecule has 31 heavy (non-hydrogen) atoms. The summed E-state index contributed by atoms with van der Waals surface area (Å²) in [6.07, 6.45) is 0. The summed E-state index contributed by atoms with van der Waals surface area (Å²) in [5.41, 5.74) is 2.46. The minimum atomic E-state index is -0.458. The van der Waals surface area contributed by atoms with Crippen molar-refractivity contribution in [2.75, 3.05) is 24.4 Å². The number of benzene rings is 2. The Morgan fingerprint density at radius 3 is 2.42 bits per heavy atom. The first kappa shape index (κ1) is 21.0. The van der Waals surface area contributed by atoms with Crippen LogP contribution in [0.15, 0.2) is 59.6 Å². The van der Waals surface area contributed by atoms with Crippen LogP contribution in [-0.4, -0.2) is 26.0 Å². The van der Waals surface area contributed by atoms with Gasteiger partial charge in [0.1, 0.15) is 5.70 Å². The van der Waals surface area contributed by atoms with Gasteiger partial charge in [0, 0.05) is 21.7 Å². The van der Waals surface area contributed by atoms with E-state index in [0.29, 0.717) is 38.3 Å². The Morgan fingerprint density at radius 1 is 0.968 bits per heavy atom. The summed E-state index contributed by atoms with van der Waals surface area (Å²) in [5.74, 6) is 0.0527. The molecule has 0 saturated carbocycles. The monoisotopic (exact) mass is 454 g/mol. The van der Waals surface area contributed by atoms with Gasteiger partial charge in [-0.1, -0.05) is 23.7 Å². The van der Waals surface area contributed by atoms with Crippen LogP contribution >= 0.6 is 22.9 Å². The molecule has 0 aliphatic carbocycles. The Balaban J connectivity index is 1.81. The number of anilines is 2. The fraction of sp³-hybridized carbons (Fsp3) is 0.130. The maximum atomic E-state index is 13.5. The van der Waals surface area contributed by atoms with Crippen molar-refractivity contribution >= 4 is 51.7 Å². The van der Waals surface area contributed by atoms with Gasteiger partial charge in [-0.3, -0.25) is 9.59 Å². The summed E-state index contributed by atoms with van der Waals surface area (Å²) >= 11 is 7.54. The molecule has 2 heterocycles. The van der Waals surface area contributed by atoms with Crippen molar-refractivity contribution in [1.82, 2.24) is 0 Å². The summed E-state index contributed by atoms with van der Waals surface area (Å²) in [7, 11) is 3.02. The number of thiophene rings is 1. The largest absolute Gasteiger partial charge is 0.493 e. The molecule has 6 nitrogen and oxygen atoms in total. The van der Waals surface area contributed by atoms with E-state index in [1.165, 1.54) is 25.6 Å². The fourth-order valence-corrected chi connectivity index (χ4v) is 4.30. The van der Waals surface area contributed by atoms with Crippen LogP contribution in [-0.2, 0) is 9.59 Å². The zero-order valence-corrected chi connectivity index (χ0v) is 18.6. The molecule has 158 valence electrons. The molecule has 0 spiro atoms. The van der Waals surface area contributed by atoms with E-state index in [4.69, 9.17) is 21.1 Å². The Kier molecular flexibility index (Phi) is 5.71. The quantitative estimate of drug-likeness (QED) is 0.523. The number of halogens is 1. The van der Waals surface area contributed by atoms with Crippen LogP contribution < -0.4 is 19.7 Å². The molecule has 1 aliphatic rings. The summed E-state index contributed by atoms with van der Waals surface area (Å²) in [4.78, 5) is 28.7. The maximum absolute atomic E-state index is 13.5. The number of nitrogens with one attached hydrogen (secondary N) is 1. The fourth-order valence-electron chi connectivity index (χ4n) is 3.36. The lowest BCUT2D eigenvalue weighted by molar-refractivity contribution is -0.120. The summed E-state index contributed by atoms with van der Waals surface area (Å²) in [6, 6.07) is 13.9. The molecule has 1 N–H and O–H groups in total. The normalized spacial score (nSPS) is 13.7. The SMILES string of the molecule is COc1ccc(N2C(=O)C(Nc3cc(Cl)ccc3C)=C(c3cccs3)C2=O)cc1OC. The molecule has 0 radical (unpaired) electrons. The average Bonchev–Trinajstić information content (AvgIpc) is 3.37. The Labute approximate surface area is 188 Å². The second kappa shape index (κ2) is 8.45. The van der Waals surface area contributed by atoms with Crippen molar-refractivity contribution in [3.63, 3.8) is 0 Å². The zero-order valence-electron chi connectivity index (χ0n) is 17.1. The molecule has 4 rings (SSSR count). The third-order valence-electron chi connectivity index (χ3n) is 4.94. The standard InChI is InChI=1S/C23H19ClN2O4S/c1-13-6-7-14(24)11-16(13)25-21-20(19-5-4-10-31-19)22(27)26(23(21)28)15-8-9-17(29-2)18(12-15)30-3/h4-12,25H,1-3H3. The van der Waals surface area contributed by atoms with E-state index < -0.39 is 11.8 Å². The van der Waals surface area contributed by atoms with Crippen LogP contribution in [0.3, 0.4) is 0 Å². The second-order valence-corrected chi connectivity index (χ2v) is 8.18. The first-order valence-electron chi connectivity index (χ1n) is 9.36. The number of hydrogen-bond acceptors (Lipinski definition) is 6. The minimum Gasteiger partial charge on any atom is -0.493 e. The topological polar surface area (TPSA) is 67.9 Å². The lowest BCUT2D eigenvalue weighted by atomic mass is 10.1. The predicted molar refractivity (Wildman–Crippen MR) is 123 cm³/mol. The van der Waals surface area contributed by atoms with Gasteiger partial charge in [-0.2, -0.15) is 0 Å². The van der Waals surface area contributed by atoms with E-state index in [0.717, 1.165) is 10.5 Å². The molecule has 3 aromatic rings. The van der Waals surface area contributed by atoms with Gasteiger partial charge in [0.25, 0.3) is 11.8 Å². The lowest BCUT2D eigenvalue weighted by Gasteiger charge is -2.17. The highest BCUT2D eigenvalue weighted by atomic mass is 35.5. The zero-order chi connectivity index (χ0) is 22.1. The van der Waals surface area contributed by atoms with Gasteiger partial charge in [-0.15, -0.1) is 11.3 Å². The average molecular weight is 455 g/mol. The number of ether oxygens (including phenoxy) is 2. The van der Waals surface area contributed by atoms with Gasteiger partial charge in [-0.05, 0) is 48.2 Å². The van der Waals surface area contributed by atoms with Crippen molar-refractivity contribution in [2.45, 2.75) is 6.92 Å². The first-order chi connectivity index (χ1) is 14.9. The predicted octanol–water partition coefficient (Wildman–Crippen LogP) is 5.12. The van der Waals surface area contributed by atoms with Crippen LogP contribution in [0.4, 0.5) is 11.4 Å². The number of rotatable bonds is 6. The van der Waals surface area contributed by atoms with Gasteiger partial charge < -0.3 is 14.8 Å². The van der Waals surface area contributed by atoms with E-state index >= 15 is 0 Å². The van der Waals surface area contributed by atoms with Gasteiger partial charge in [0.05, 0.1) is 25.5 Å². The van der Waals surface area contributed by atoms with Crippen molar-refractivity contribution in [3.05, 3.63) is 75.1 Å². The first-order valence-corrected chi connectivity index (χ1v) is 10.6. The van der Waals surface area contributed by atoms with Crippen molar-refractivity contribution in [2.24, 2.45) is 0 Å². The molecule has 8 heteroatoms. The molecular weight excluding hydrogens is 436 g/mol. The van der Waals surface area contributed by atoms with E-state index in [1.54, 1.807) is 30.3 Å². The molecule has 1 aliphatic heterocycles. The molecule has 2 aromatic carbocycles. The van der Waals surface area contributed by atoms with Crippen molar-refractivity contribution in [3.8, 4) is 11.5 Å². The molecule has 0 saturated heterocycles. The molecule has 2 amide bonds. The Morgan fingerprint density at radius 2 is 1.74 bits per heavy atom. The van der Waals surface area contributed by atoms with Gasteiger partial charge in [-0.25, -0.2) is 4.90 Å². The van der Waals surface area contributed by atoms with E-state index in [2.05, 4.69) is 5.32 Å². The van der Waals surface area contributed by atoms with E-state index in [1.807, 2.05) is 30.5 Å². The third-order valence-corrected chi connectivity index (χ3v) is 6.06. The summed E-state index contributed by atoms with van der Waals surface area (Å²) < 4.78 is 10.6. The number of carbonyl (C=O) groups is 2. The molecule has 1 aromatic heterocycles. The number of amides is 2. The molecule has 0 bridgehead atoms. The lowest BCUT2D eigenvalue weighted by Crippen LogP contribution is -2.32. The molecule has 0 unspecified atom stereocenters. The van der Waals surface area contributed by atoms with Gasteiger partial charge in [0.2, 0.25) is 0 Å². The maximum Gasteiger partial charge on any atom is 0.282 e. The van der Waals surface area contributed by atoms with E-state index in [-0.39, 0.29) is 5.70 Å². The summed E-state index contributed by atoms with van der Waals surface area (Å²) in [5, 5.41) is 5.54. The van der Waals surface area contributed by atoms with Crippen LogP contribution in [0.25, 0.3) is 5.57 Å². The summed E-state index contributed by atoms with van der Waals surface area (Å²) in [6.45, 7) is 1.90.